The molecule has 0 aromatic carbocycles. The van der Waals surface area contributed by atoms with Crippen LogP contribution in [-0.2, 0) is 0 Å². The van der Waals surface area contributed by atoms with Crippen LogP contribution in [0.2, 0.25) is 0 Å². The maximum atomic E-state index is 2.76. The molecule has 4 rings (SSSR count). The van der Waals surface area contributed by atoms with Gasteiger partial charge in [0.05, 0.1) is 0 Å². The highest BCUT2D eigenvalue weighted by Crippen LogP contribution is 2.68. The predicted molar refractivity (Wildman–Crippen MR) is 127 cm³/mol. The quantitative estimate of drug-likeness (QED) is 0.417. The van der Waals surface area contributed by atoms with Gasteiger partial charge in [-0.1, -0.05) is 67.2 Å². The largest absolute Gasteiger partial charge is 0.0651 e. The maximum absolute atomic E-state index is 2.76. The molecule has 4 fully saturated rings. The van der Waals surface area contributed by atoms with Gasteiger partial charge in [0.25, 0.3) is 0 Å². The van der Waals surface area contributed by atoms with Crippen molar-refractivity contribution >= 4 is 0 Å². The van der Waals surface area contributed by atoms with Crippen molar-refractivity contribution < 1.29 is 0 Å². The van der Waals surface area contributed by atoms with Crippen molar-refractivity contribution in [2.45, 2.75) is 125 Å². The lowest BCUT2D eigenvalue weighted by Crippen LogP contribution is -2.53. The summed E-state index contributed by atoms with van der Waals surface area (Å²) in [6, 6.07) is 0. The molecule has 29 heavy (non-hydrogen) atoms. The highest BCUT2D eigenvalue weighted by atomic mass is 14.6. The minimum absolute atomic E-state index is 0.665. The normalized spacial score (nSPS) is 46.7. The standard InChI is InChI=1S/C29H52/c1-7-22(20(2)3)12-11-21(4)25-15-16-26-24-14-13-23-10-8-9-18-28(23,5)27(24)17-19-29(25,26)6/h20-27H,7-19H2,1-6H3/t21-,22+,23?,24-,25+,26-,27-,28-,29+/m0/s1. The van der Waals surface area contributed by atoms with E-state index in [1.165, 1.54) is 32.1 Å². The zero-order valence-electron chi connectivity index (χ0n) is 20.8. The lowest BCUT2D eigenvalue weighted by atomic mass is 9.44. The second-order valence-electron chi connectivity index (χ2n) is 13.1. The first-order valence-corrected chi connectivity index (χ1v) is 13.8. The molecule has 0 radical (unpaired) electrons. The molecule has 0 aromatic heterocycles. The van der Waals surface area contributed by atoms with Gasteiger partial charge in [-0.25, -0.2) is 0 Å². The summed E-state index contributed by atoms with van der Waals surface area (Å²) in [6.07, 6.45) is 19.8. The summed E-state index contributed by atoms with van der Waals surface area (Å²) in [7, 11) is 0. The van der Waals surface area contributed by atoms with Crippen LogP contribution in [0.1, 0.15) is 125 Å². The molecule has 0 aliphatic heterocycles. The van der Waals surface area contributed by atoms with Crippen LogP contribution in [0.3, 0.4) is 0 Å². The summed E-state index contributed by atoms with van der Waals surface area (Å²) in [5.41, 5.74) is 1.37. The van der Waals surface area contributed by atoms with Crippen LogP contribution in [0.15, 0.2) is 0 Å². The van der Waals surface area contributed by atoms with Crippen LogP contribution in [0.4, 0.5) is 0 Å². The Balaban J connectivity index is 1.45. The molecule has 0 aromatic rings. The first kappa shape index (κ1) is 22.2. The predicted octanol–water partition coefficient (Wildman–Crippen LogP) is 9.13. The van der Waals surface area contributed by atoms with Crippen molar-refractivity contribution in [3.63, 3.8) is 0 Å². The highest BCUT2D eigenvalue weighted by Gasteiger charge is 2.60. The van der Waals surface area contributed by atoms with E-state index in [0.717, 1.165) is 47.3 Å². The molecule has 0 spiro atoms. The third-order valence-corrected chi connectivity index (χ3v) is 11.8. The Hall–Kier alpha value is 0. The second kappa shape index (κ2) is 8.50. The van der Waals surface area contributed by atoms with Crippen LogP contribution in [0.25, 0.3) is 0 Å². The molecule has 0 N–H and O–H groups in total. The van der Waals surface area contributed by atoms with E-state index in [9.17, 15) is 0 Å². The zero-order chi connectivity index (χ0) is 20.8. The van der Waals surface area contributed by atoms with E-state index in [1.54, 1.807) is 51.4 Å². The van der Waals surface area contributed by atoms with Gasteiger partial charge in [0.15, 0.2) is 0 Å². The van der Waals surface area contributed by atoms with Crippen LogP contribution >= 0.6 is 0 Å². The lowest BCUT2D eigenvalue weighted by Gasteiger charge is -2.61. The smallest absolute Gasteiger partial charge is 0.0264 e. The summed E-state index contributed by atoms with van der Waals surface area (Å²) >= 11 is 0. The highest BCUT2D eigenvalue weighted by molar-refractivity contribution is 5.09. The fourth-order valence-electron chi connectivity index (χ4n) is 9.96. The average molecular weight is 401 g/mol. The van der Waals surface area contributed by atoms with E-state index in [1.807, 2.05) is 0 Å². The third kappa shape index (κ3) is 3.75. The third-order valence-electron chi connectivity index (χ3n) is 11.8. The summed E-state index contributed by atoms with van der Waals surface area (Å²) in [6.45, 7) is 15.4. The Kier molecular flexibility index (Phi) is 6.51. The van der Waals surface area contributed by atoms with E-state index in [0.29, 0.717) is 10.8 Å². The van der Waals surface area contributed by atoms with Crippen LogP contribution in [0.5, 0.6) is 0 Å². The Labute approximate surface area is 183 Å². The van der Waals surface area contributed by atoms with E-state index >= 15 is 0 Å². The van der Waals surface area contributed by atoms with Crippen molar-refractivity contribution in [2.75, 3.05) is 0 Å². The molecule has 0 bridgehead atoms. The molecule has 0 amide bonds. The summed E-state index contributed by atoms with van der Waals surface area (Å²) < 4.78 is 0. The first-order chi connectivity index (χ1) is 13.8. The van der Waals surface area contributed by atoms with Crippen LogP contribution in [0, 0.1) is 58.2 Å². The number of fused-ring (bicyclic) bond motifs is 5. The molecule has 4 aliphatic carbocycles. The second-order valence-corrected chi connectivity index (χ2v) is 13.1. The van der Waals surface area contributed by atoms with Gasteiger partial charge < -0.3 is 0 Å². The number of rotatable bonds is 6. The molecular weight excluding hydrogens is 348 g/mol. The Morgan fingerprint density at radius 1 is 0.759 bits per heavy atom. The molecule has 168 valence electrons. The SMILES string of the molecule is CC[C@H](CC[C@H](C)[C@H]1CC[C@H]2[C@@H]3CCC4CCCC[C@]4(C)[C@H]3CC[C@]12C)C(C)C. The molecule has 0 heteroatoms. The van der Waals surface area contributed by atoms with Gasteiger partial charge in [-0.15, -0.1) is 0 Å². The van der Waals surface area contributed by atoms with Crippen molar-refractivity contribution in [3.8, 4) is 0 Å². The molecule has 0 saturated heterocycles. The Bertz CT molecular complexity index is 548. The Morgan fingerprint density at radius 2 is 1.52 bits per heavy atom. The van der Waals surface area contributed by atoms with Crippen molar-refractivity contribution in [1.29, 1.82) is 0 Å². The van der Waals surface area contributed by atoms with Gasteiger partial charge in [0, 0.05) is 0 Å². The van der Waals surface area contributed by atoms with E-state index in [4.69, 9.17) is 0 Å². The Morgan fingerprint density at radius 3 is 2.24 bits per heavy atom. The van der Waals surface area contributed by atoms with Crippen molar-refractivity contribution in [2.24, 2.45) is 58.2 Å². The molecular formula is C29H52. The van der Waals surface area contributed by atoms with Gasteiger partial charge in [-0.05, 0) is 116 Å². The molecule has 0 heterocycles. The van der Waals surface area contributed by atoms with Gasteiger partial charge in [-0.3, -0.25) is 0 Å². The first-order valence-electron chi connectivity index (χ1n) is 13.8. The van der Waals surface area contributed by atoms with Crippen LogP contribution < -0.4 is 0 Å². The minimum atomic E-state index is 0.665. The maximum Gasteiger partial charge on any atom is -0.0264 e. The zero-order valence-corrected chi connectivity index (χ0v) is 20.8. The average Bonchev–Trinajstić information content (AvgIpc) is 3.05. The molecule has 0 nitrogen and oxygen atoms in total. The fourth-order valence-corrected chi connectivity index (χ4v) is 9.96. The van der Waals surface area contributed by atoms with E-state index in [-0.39, 0.29) is 0 Å². The van der Waals surface area contributed by atoms with Gasteiger partial charge in [-0.2, -0.15) is 0 Å². The summed E-state index contributed by atoms with van der Waals surface area (Å²) in [5, 5.41) is 0. The minimum Gasteiger partial charge on any atom is -0.0651 e. The number of hydrogen-bond donors (Lipinski definition) is 0. The van der Waals surface area contributed by atoms with Gasteiger partial charge in [0.2, 0.25) is 0 Å². The van der Waals surface area contributed by atoms with Crippen LogP contribution in [-0.4, -0.2) is 0 Å². The van der Waals surface area contributed by atoms with Crippen molar-refractivity contribution in [1.82, 2.24) is 0 Å². The summed E-state index contributed by atoms with van der Waals surface area (Å²) in [5.74, 6) is 8.02. The van der Waals surface area contributed by atoms with Crippen molar-refractivity contribution in [3.05, 3.63) is 0 Å². The molecule has 4 saturated carbocycles. The van der Waals surface area contributed by atoms with Gasteiger partial charge in [0.1, 0.15) is 0 Å². The monoisotopic (exact) mass is 400 g/mol. The lowest BCUT2D eigenvalue weighted by molar-refractivity contribution is -0.114. The molecule has 4 aliphatic rings. The van der Waals surface area contributed by atoms with Gasteiger partial charge >= 0.3 is 0 Å². The molecule has 9 atom stereocenters. The van der Waals surface area contributed by atoms with E-state index < -0.39 is 0 Å². The fraction of sp³-hybridized carbons (Fsp3) is 1.00. The number of hydrogen-bond acceptors (Lipinski definition) is 0. The summed E-state index contributed by atoms with van der Waals surface area (Å²) in [4.78, 5) is 0. The molecule has 1 unspecified atom stereocenters. The van der Waals surface area contributed by atoms with E-state index in [2.05, 4.69) is 41.5 Å². The topological polar surface area (TPSA) is 0 Å².